The van der Waals surface area contributed by atoms with Gasteiger partial charge in [-0.15, -0.1) is 0 Å². The predicted molar refractivity (Wildman–Crippen MR) is 149 cm³/mol. The minimum atomic E-state index is -1.38. The van der Waals surface area contributed by atoms with Gasteiger partial charge in [-0.05, 0) is 48.6 Å². The SMILES string of the molecule is COc1cc(F)c([C@@H]2CN(c3c(OC)ccn(C)c3=O)C(=O)[C@H]2NC(=O)NC2CCc3cc(Cl)ccc3C2)c(F)c1. The molecule has 41 heavy (non-hydrogen) atoms. The van der Waals surface area contributed by atoms with E-state index >= 15 is 8.78 Å². The van der Waals surface area contributed by atoms with Gasteiger partial charge in [0.15, 0.2) is 5.69 Å². The number of aryl methyl sites for hydroxylation is 2. The number of amides is 3. The van der Waals surface area contributed by atoms with Gasteiger partial charge in [0.1, 0.15) is 29.2 Å². The number of anilines is 1. The molecular formula is C29H29ClF2N4O5. The molecule has 9 nitrogen and oxygen atoms in total. The third-order valence-corrected chi connectivity index (χ3v) is 7.92. The maximum absolute atomic E-state index is 15.3. The highest BCUT2D eigenvalue weighted by Gasteiger charge is 2.47. The van der Waals surface area contributed by atoms with Gasteiger partial charge in [0.05, 0.1) is 14.2 Å². The van der Waals surface area contributed by atoms with E-state index in [0.717, 1.165) is 28.2 Å². The van der Waals surface area contributed by atoms with Gasteiger partial charge in [0, 0.05) is 54.5 Å². The average Bonchev–Trinajstić information content (AvgIpc) is 3.24. The minimum Gasteiger partial charge on any atom is -0.497 e. The van der Waals surface area contributed by atoms with Gasteiger partial charge >= 0.3 is 6.03 Å². The molecule has 2 N–H and O–H groups in total. The average molecular weight is 587 g/mol. The fraction of sp³-hybridized carbons (Fsp3) is 0.345. The maximum atomic E-state index is 15.3. The van der Waals surface area contributed by atoms with Crippen LogP contribution in [0.25, 0.3) is 0 Å². The van der Waals surface area contributed by atoms with Crippen molar-refractivity contribution in [3.05, 3.63) is 86.3 Å². The van der Waals surface area contributed by atoms with Crippen molar-refractivity contribution in [1.29, 1.82) is 0 Å². The van der Waals surface area contributed by atoms with Gasteiger partial charge in [-0.3, -0.25) is 9.59 Å². The van der Waals surface area contributed by atoms with E-state index < -0.39 is 46.7 Å². The topological polar surface area (TPSA) is 102 Å². The summed E-state index contributed by atoms with van der Waals surface area (Å²) in [6.07, 6.45) is 3.39. The second kappa shape index (κ2) is 11.4. The smallest absolute Gasteiger partial charge is 0.315 e. The molecule has 3 atom stereocenters. The molecule has 2 heterocycles. The van der Waals surface area contributed by atoms with Crippen LogP contribution in [0.15, 0.2) is 47.4 Å². The number of methoxy groups -OCH3 is 2. The number of benzene rings is 2. The Labute approximate surface area is 240 Å². The van der Waals surface area contributed by atoms with Crippen LogP contribution in [-0.2, 0) is 24.7 Å². The predicted octanol–water partition coefficient (Wildman–Crippen LogP) is 3.69. The van der Waals surface area contributed by atoms with Crippen LogP contribution in [0.5, 0.6) is 11.5 Å². The molecule has 1 aliphatic carbocycles. The highest BCUT2D eigenvalue weighted by molar-refractivity contribution is 6.30. The summed E-state index contributed by atoms with van der Waals surface area (Å²) in [6, 6.07) is 6.87. The Balaban J connectivity index is 1.46. The zero-order valence-electron chi connectivity index (χ0n) is 22.7. The zero-order chi connectivity index (χ0) is 29.4. The van der Waals surface area contributed by atoms with Crippen molar-refractivity contribution in [1.82, 2.24) is 15.2 Å². The number of pyridine rings is 1. The number of halogens is 3. The Hall–Kier alpha value is -4.12. The molecule has 1 fully saturated rings. The molecule has 1 aromatic heterocycles. The van der Waals surface area contributed by atoms with Crippen molar-refractivity contribution in [2.24, 2.45) is 7.05 Å². The van der Waals surface area contributed by atoms with E-state index in [9.17, 15) is 14.4 Å². The van der Waals surface area contributed by atoms with Crippen LogP contribution < -0.4 is 30.6 Å². The molecule has 12 heteroatoms. The molecule has 0 saturated carbocycles. The molecule has 1 saturated heterocycles. The van der Waals surface area contributed by atoms with E-state index in [1.807, 2.05) is 12.1 Å². The standard InChI is InChI=1S/C29H29ClF2N4O5/c1-35-9-8-23(41-3)26(28(35)38)36-14-20(24-21(31)12-19(40-2)13-22(24)32)25(27(36)37)34-29(39)33-18-7-5-15-10-17(30)6-4-16(15)11-18/h4,6,8-10,12-13,18,20,25H,5,7,11,14H2,1-3H3,(H2,33,34,39)/t18?,20-,25-/m0/s1. The fourth-order valence-corrected chi connectivity index (χ4v) is 5.81. The normalized spacial score (nSPS) is 20.0. The first-order valence-corrected chi connectivity index (χ1v) is 13.4. The number of carbonyl (C=O) groups is 2. The maximum Gasteiger partial charge on any atom is 0.315 e. The van der Waals surface area contributed by atoms with Crippen molar-refractivity contribution in [3.8, 4) is 11.5 Å². The minimum absolute atomic E-state index is 0.0374. The van der Waals surface area contributed by atoms with Gasteiger partial charge in [-0.2, -0.15) is 0 Å². The van der Waals surface area contributed by atoms with Crippen molar-refractivity contribution in [2.75, 3.05) is 25.7 Å². The molecule has 0 spiro atoms. The number of aromatic nitrogens is 1. The van der Waals surface area contributed by atoms with Crippen LogP contribution >= 0.6 is 11.6 Å². The van der Waals surface area contributed by atoms with Crippen LogP contribution in [0.2, 0.25) is 5.02 Å². The van der Waals surface area contributed by atoms with Crippen LogP contribution in [-0.4, -0.2) is 49.4 Å². The first-order chi connectivity index (χ1) is 19.6. The number of urea groups is 1. The summed E-state index contributed by atoms with van der Waals surface area (Å²) < 4.78 is 42.1. The van der Waals surface area contributed by atoms with Gasteiger partial charge in [0.2, 0.25) is 0 Å². The van der Waals surface area contributed by atoms with Gasteiger partial charge in [0.25, 0.3) is 11.5 Å². The first-order valence-electron chi connectivity index (χ1n) is 13.0. The van der Waals surface area contributed by atoms with Crippen LogP contribution in [0, 0.1) is 11.6 Å². The van der Waals surface area contributed by atoms with Crippen molar-refractivity contribution < 1.29 is 27.8 Å². The summed E-state index contributed by atoms with van der Waals surface area (Å²) in [5, 5.41) is 6.17. The van der Waals surface area contributed by atoms with E-state index in [-0.39, 0.29) is 29.8 Å². The Morgan fingerprint density at radius 2 is 1.76 bits per heavy atom. The number of nitrogens with one attached hydrogen (secondary N) is 2. The second-order valence-electron chi connectivity index (χ2n) is 10.2. The molecule has 5 rings (SSSR count). The summed E-state index contributed by atoms with van der Waals surface area (Å²) >= 11 is 6.10. The van der Waals surface area contributed by atoms with E-state index in [2.05, 4.69) is 10.6 Å². The highest BCUT2D eigenvalue weighted by Crippen LogP contribution is 2.38. The zero-order valence-corrected chi connectivity index (χ0v) is 23.4. The van der Waals surface area contributed by atoms with Crippen molar-refractivity contribution in [2.45, 2.75) is 37.3 Å². The second-order valence-corrected chi connectivity index (χ2v) is 10.6. The quantitative estimate of drug-likeness (QED) is 0.459. The fourth-order valence-electron chi connectivity index (χ4n) is 5.61. The number of hydrogen-bond donors (Lipinski definition) is 2. The molecular weight excluding hydrogens is 558 g/mol. The summed E-state index contributed by atoms with van der Waals surface area (Å²) in [6.45, 7) is -0.281. The van der Waals surface area contributed by atoms with Gasteiger partial charge in [-0.1, -0.05) is 17.7 Å². The number of rotatable bonds is 6. The molecule has 0 radical (unpaired) electrons. The van der Waals surface area contributed by atoms with E-state index in [4.69, 9.17) is 21.1 Å². The third kappa shape index (κ3) is 5.46. The lowest BCUT2D eigenvalue weighted by molar-refractivity contribution is -0.118. The monoisotopic (exact) mass is 586 g/mol. The number of hydrogen-bond acceptors (Lipinski definition) is 5. The molecule has 2 aliphatic rings. The van der Waals surface area contributed by atoms with Gasteiger partial charge in [-0.25, -0.2) is 13.6 Å². The Bertz CT molecular complexity index is 1560. The van der Waals surface area contributed by atoms with Crippen LogP contribution in [0.4, 0.5) is 19.3 Å². The van der Waals surface area contributed by atoms with E-state index in [0.29, 0.717) is 24.3 Å². The summed E-state index contributed by atoms with van der Waals surface area (Å²) in [4.78, 5) is 41.2. The summed E-state index contributed by atoms with van der Waals surface area (Å²) in [7, 11) is 4.13. The van der Waals surface area contributed by atoms with Gasteiger partial charge < -0.3 is 29.6 Å². The number of nitrogens with zero attached hydrogens (tertiary/aromatic N) is 2. The summed E-state index contributed by atoms with van der Waals surface area (Å²) in [5.74, 6) is -3.67. The number of carbonyl (C=O) groups excluding carboxylic acids is 2. The molecule has 3 aromatic rings. The third-order valence-electron chi connectivity index (χ3n) is 7.69. The molecule has 0 bridgehead atoms. The largest absolute Gasteiger partial charge is 0.497 e. The lowest BCUT2D eigenvalue weighted by atomic mass is 9.88. The highest BCUT2D eigenvalue weighted by atomic mass is 35.5. The number of ether oxygens (including phenoxy) is 2. The molecule has 2 aromatic carbocycles. The van der Waals surface area contributed by atoms with E-state index in [1.165, 1.54) is 38.1 Å². The Morgan fingerprint density at radius 1 is 1.02 bits per heavy atom. The lowest BCUT2D eigenvalue weighted by Crippen LogP contribution is -2.51. The Kier molecular flexibility index (Phi) is 7.90. The number of fused-ring (bicyclic) bond motifs is 1. The first kappa shape index (κ1) is 28.4. The molecule has 1 aliphatic heterocycles. The van der Waals surface area contributed by atoms with E-state index in [1.54, 1.807) is 6.07 Å². The lowest BCUT2D eigenvalue weighted by Gasteiger charge is -2.27. The molecule has 1 unspecified atom stereocenters. The van der Waals surface area contributed by atoms with Crippen molar-refractivity contribution >= 4 is 29.2 Å². The summed E-state index contributed by atoms with van der Waals surface area (Å²) in [5.41, 5.74) is 1.14. The molecule has 216 valence electrons. The van der Waals surface area contributed by atoms with Crippen LogP contribution in [0.3, 0.4) is 0 Å². The van der Waals surface area contributed by atoms with Crippen LogP contribution in [0.1, 0.15) is 29.0 Å². The van der Waals surface area contributed by atoms with Crippen molar-refractivity contribution in [3.63, 3.8) is 0 Å². The molecule has 3 amide bonds. The Morgan fingerprint density at radius 3 is 2.44 bits per heavy atom.